The summed E-state index contributed by atoms with van der Waals surface area (Å²) in [6.07, 6.45) is 1.62. The van der Waals surface area contributed by atoms with Crippen molar-refractivity contribution in [2.24, 2.45) is 5.10 Å². The van der Waals surface area contributed by atoms with Gasteiger partial charge in [-0.2, -0.15) is 5.10 Å². The zero-order valence-electron chi connectivity index (χ0n) is 15.5. The predicted molar refractivity (Wildman–Crippen MR) is 110 cm³/mol. The Morgan fingerprint density at radius 2 is 1.85 bits per heavy atom. The number of benzene rings is 2. The third-order valence-electron chi connectivity index (χ3n) is 3.82. The minimum absolute atomic E-state index is 0.0453. The van der Waals surface area contributed by atoms with Crippen LogP contribution in [0.2, 0.25) is 0 Å². The van der Waals surface area contributed by atoms with Crippen LogP contribution in [-0.4, -0.2) is 25.1 Å². The van der Waals surface area contributed by atoms with Gasteiger partial charge >= 0.3 is 0 Å². The van der Waals surface area contributed by atoms with E-state index in [0.29, 0.717) is 5.75 Å². The highest BCUT2D eigenvalue weighted by Crippen LogP contribution is 2.21. The number of ether oxygens (including phenoxy) is 1. The van der Waals surface area contributed by atoms with E-state index in [1.54, 1.807) is 13.2 Å². The number of halogens is 1. The molecule has 2 amide bonds. The van der Waals surface area contributed by atoms with Crippen LogP contribution in [0.1, 0.15) is 29.5 Å². The maximum absolute atomic E-state index is 12.0. The number of carbonyl (C=O) groups excluding carboxylic acids is 2. The first-order valence-electron chi connectivity index (χ1n) is 8.41. The van der Waals surface area contributed by atoms with Gasteiger partial charge in [-0.3, -0.25) is 9.59 Å². The average Bonchev–Trinajstić information content (AvgIpc) is 2.62. The lowest BCUT2D eigenvalue weighted by Crippen LogP contribution is -2.21. The van der Waals surface area contributed by atoms with Crippen LogP contribution in [0, 0.1) is 13.8 Å². The van der Waals surface area contributed by atoms with Gasteiger partial charge in [0.05, 0.1) is 13.3 Å². The molecule has 0 aliphatic carbocycles. The minimum atomic E-state index is -0.337. The molecule has 0 unspecified atom stereocenters. The van der Waals surface area contributed by atoms with Crippen molar-refractivity contribution in [2.75, 3.05) is 12.4 Å². The maximum atomic E-state index is 12.0. The lowest BCUT2D eigenvalue weighted by molar-refractivity contribution is -0.124. The Kier molecular flexibility index (Phi) is 7.55. The SMILES string of the molecule is COc1ccc(Br)cc1/C=N/NC(=O)CCC(=O)Nc1ccc(C)cc1C. The van der Waals surface area contributed by atoms with Gasteiger partial charge in [-0.1, -0.05) is 33.6 Å². The third-order valence-corrected chi connectivity index (χ3v) is 4.31. The summed E-state index contributed by atoms with van der Waals surface area (Å²) in [6.45, 7) is 3.92. The molecule has 0 atom stereocenters. The van der Waals surface area contributed by atoms with Crippen LogP contribution < -0.4 is 15.5 Å². The van der Waals surface area contributed by atoms with Crippen LogP contribution in [0.15, 0.2) is 46.0 Å². The molecule has 2 aromatic rings. The maximum Gasteiger partial charge on any atom is 0.240 e. The fourth-order valence-corrected chi connectivity index (χ4v) is 2.81. The van der Waals surface area contributed by atoms with Gasteiger partial charge in [0.2, 0.25) is 11.8 Å². The molecule has 0 aliphatic rings. The molecule has 0 saturated heterocycles. The molecule has 2 aromatic carbocycles. The molecule has 0 fully saturated rings. The summed E-state index contributed by atoms with van der Waals surface area (Å²) < 4.78 is 6.11. The molecule has 0 spiro atoms. The van der Waals surface area contributed by atoms with Crippen LogP contribution in [0.25, 0.3) is 0 Å². The fraction of sp³-hybridized carbons (Fsp3) is 0.250. The van der Waals surface area contributed by atoms with Gasteiger partial charge in [-0.25, -0.2) is 5.43 Å². The molecule has 2 rings (SSSR count). The van der Waals surface area contributed by atoms with Crippen molar-refractivity contribution in [3.05, 3.63) is 57.6 Å². The molecular formula is C20H22BrN3O3. The van der Waals surface area contributed by atoms with Crippen molar-refractivity contribution in [2.45, 2.75) is 26.7 Å². The molecule has 142 valence electrons. The fourth-order valence-electron chi connectivity index (χ4n) is 2.43. The summed E-state index contributed by atoms with van der Waals surface area (Å²) in [6, 6.07) is 11.3. The average molecular weight is 432 g/mol. The van der Waals surface area contributed by atoms with E-state index in [-0.39, 0.29) is 24.7 Å². The Balaban J connectivity index is 1.82. The number of carbonyl (C=O) groups is 2. The van der Waals surface area contributed by atoms with Crippen molar-refractivity contribution in [1.82, 2.24) is 5.43 Å². The number of hydrogen-bond donors (Lipinski definition) is 2. The molecule has 27 heavy (non-hydrogen) atoms. The Labute approximate surface area is 167 Å². The van der Waals surface area contributed by atoms with E-state index >= 15 is 0 Å². The molecule has 6 nitrogen and oxygen atoms in total. The number of amides is 2. The number of methoxy groups -OCH3 is 1. The normalized spacial score (nSPS) is 10.7. The van der Waals surface area contributed by atoms with Gasteiger partial charge in [-0.05, 0) is 43.7 Å². The molecule has 0 radical (unpaired) electrons. The Morgan fingerprint density at radius 3 is 2.56 bits per heavy atom. The van der Waals surface area contributed by atoms with E-state index < -0.39 is 0 Å². The summed E-state index contributed by atoms with van der Waals surface area (Å²) in [5.41, 5.74) is 6.01. The third kappa shape index (κ3) is 6.53. The van der Waals surface area contributed by atoms with Crippen LogP contribution in [-0.2, 0) is 9.59 Å². The number of hydrogen-bond acceptors (Lipinski definition) is 4. The first-order valence-corrected chi connectivity index (χ1v) is 9.21. The van der Waals surface area contributed by atoms with E-state index in [2.05, 4.69) is 31.8 Å². The van der Waals surface area contributed by atoms with E-state index in [1.807, 2.05) is 44.2 Å². The number of hydrazone groups is 1. The molecule has 7 heteroatoms. The van der Waals surface area contributed by atoms with Crippen LogP contribution in [0.3, 0.4) is 0 Å². The van der Waals surface area contributed by atoms with Gasteiger partial charge in [0.25, 0.3) is 0 Å². The Morgan fingerprint density at radius 1 is 1.11 bits per heavy atom. The predicted octanol–water partition coefficient (Wildman–Crippen LogP) is 3.94. The molecule has 0 bridgehead atoms. The van der Waals surface area contributed by atoms with Gasteiger partial charge < -0.3 is 10.1 Å². The first kappa shape index (κ1) is 20.6. The van der Waals surface area contributed by atoms with E-state index in [1.165, 1.54) is 6.21 Å². The molecular weight excluding hydrogens is 410 g/mol. The second kappa shape index (κ2) is 9.87. The zero-order chi connectivity index (χ0) is 19.8. The summed E-state index contributed by atoms with van der Waals surface area (Å²) in [4.78, 5) is 23.9. The Bertz CT molecular complexity index is 866. The topological polar surface area (TPSA) is 79.8 Å². The van der Waals surface area contributed by atoms with Gasteiger partial charge in [0.15, 0.2) is 0 Å². The summed E-state index contributed by atoms with van der Waals surface area (Å²) in [5.74, 6) is 0.0924. The highest BCUT2D eigenvalue weighted by atomic mass is 79.9. The Hall–Kier alpha value is -2.67. The summed E-state index contributed by atoms with van der Waals surface area (Å²) in [7, 11) is 1.56. The van der Waals surface area contributed by atoms with Crippen molar-refractivity contribution < 1.29 is 14.3 Å². The van der Waals surface area contributed by atoms with E-state index in [4.69, 9.17) is 4.74 Å². The number of nitrogens with zero attached hydrogens (tertiary/aromatic N) is 1. The zero-order valence-corrected chi connectivity index (χ0v) is 17.1. The number of anilines is 1. The highest BCUT2D eigenvalue weighted by molar-refractivity contribution is 9.10. The van der Waals surface area contributed by atoms with Crippen molar-refractivity contribution >= 4 is 39.6 Å². The van der Waals surface area contributed by atoms with Crippen LogP contribution >= 0.6 is 15.9 Å². The van der Waals surface area contributed by atoms with E-state index in [9.17, 15) is 9.59 Å². The van der Waals surface area contributed by atoms with Gasteiger partial charge in [-0.15, -0.1) is 0 Å². The highest BCUT2D eigenvalue weighted by Gasteiger charge is 2.08. The molecule has 0 saturated carbocycles. The summed E-state index contributed by atoms with van der Waals surface area (Å²) in [5, 5.41) is 6.74. The molecule has 2 N–H and O–H groups in total. The van der Waals surface area contributed by atoms with E-state index in [0.717, 1.165) is 26.9 Å². The smallest absolute Gasteiger partial charge is 0.240 e. The van der Waals surface area contributed by atoms with Crippen molar-refractivity contribution in [3.8, 4) is 5.75 Å². The van der Waals surface area contributed by atoms with Gasteiger partial charge in [0.1, 0.15) is 5.75 Å². The molecule has 0 aliphatic heterocycles. The minimum Gasteiger partial charge on any atom is -0.496 e. The quantitative estimate of drug-likeness (QED) is 0.514. The van der Waals surface area contributed by atoms with Crippen LogP contribution in [0.4, 0.5) is 5.69 Å². The standard InChI is InChI=1S/C20H22BrN3O3/c1-13-4-6-17(14(2)10-13)23-19(25)8-9-20(26)24-22-12-15-11-16(21)5-7-18(15)27-3/h4-7,10-12H,8-9H2,1-3H3,(H,23,25)(H,24,26)/b22-12+. The second-order valence-corrected chi connectivity index (χ2v) is 6.96. The van der Waals surface area contributed by atoms with Gasteiger partial charge in [0, 0.05) is 28.6 Å². The number of rotatable bonds is 7. The monoisotopic (exact) mass is 431 g/mol. The number of aryl methyl sites for hydroxylation is 2. The summed E-state index contributed by atoms with van der Waals surface area (Å²) >= 11 is 3.37. The molecule has 0 aromatic heterocycles. The molecule has 0 heterocycles. The van der Waals surface area contributed by atoms with Crippen molar-refractivity contribution in [1.29, 1.82) is 0 Å². The van der Waals surface area contributed by atoms with Crippen molar-refractivity contribution in [3.63, 3.8) is 0 Å². The lowest BCUT2D eigenvalue weighted by atomic mass is 10.1. The lowest BCUT2D eigenvalue weighted by Gasteiger charge is -2.09. The van der Waals surface area contributed by atoms with Crippen LogP contribution in [0.5, 0.6) is 5.75 Å². The first-order chi connectivity index (χ1) is 12.9. The largest absolute Gasteiger partial charge is 0.496 e. The number of nitrogens with one attached hydrogen (secondary N) is 2. The second-order valence-electron chi connectivity index (χ2n) is 6.05.